The van der Waals surface area contributed by atoms with E-state index in [-0.39, 0.29) is 55.9 Å². The lowest BCUT2D eigenvalue weighted by Crippen LogP contribution is -2.53. The highest BCUT2D eigenvalue weighted by Gasteiger charge is 2.33. The molecule has 44 heavy (non-hydrogen) atoms. The van der Waals surface area contributed by atoms with E-state index in [9.17, 15) is 22.4 Å². The zero-order valence-electron chi connectivity index (χ0n) is 24.7. The molecule has 1 fully saturated rings. The average Bonchev–Trinajstić information content (AvgIpc) is 2.99. The SMILES string of the molecule is CS(=O)(=O)N(CCCC(=O)N(Cc1c(Cl)cccc1Cl)[C@H](Cc1ccccc1)C(=O)NC1CCCCC1)c1ccccc1F. The highest BCUT2D eigenvalue weighted by Crippen LogP contribution is 2.28. The Kier molecular flexibility index (Phi) is 12.1. The number of amides is 2. The molecular weight excluding hydrogens is 624 g/mol. The molecule has 2 amide bonds. The van der Waals surface area contributed by atoms with E-state index < -0.39 is 21.9 Å². The lowest BCUT2D eigenvalue weighted by molar-refractivity contribution is -0.141. The van der Waals surface area contributed by atoms with Gasteiger partial charge in [-0.3, -0.25) is 13.9 Å². The molecule has 4 rings (SSSR count). The number of benzene rings is 3. The van der Waals surface area contributed by atoms with Gasteiger partial charge in [-0.1, -0.05) is 91.0 Å². The smallest absolute Gasteiger partial charge is 0.243 e. The Morgan fingerprint density at radius 3 is 2.20 bits per heavy atom. The van der Waals surface area contributed by atoms with Gasteiger partial charge in [0.05, 0.1) is 11.9 Å². The maximum atomic E-state index is 14.5. The van der Waals surface area contributed by atoms with Crippen LogP contribution in [0.1, 0.15) is 56.1 Å². The van der Waals surface area contributed by atoms with E-state index in [0.717, 1.165) is 48.2 Å². The minimum atomic E-state index is -3.84. The van der Waals surface area contributed by atoms with Gasteiger partial charge in [0.2, 0.25) is 21.8 Å². The van der Waals surface area contributed by atoms with Crippen molar-refractivity contribution < 1.29 is 22.4 Å². The third-order valence-electron chi connectivity index (χ3n) is 7.89. The number of hydrogen-bond acceptors (Lipinski definition) is 4. The predicted molar refractivity (Wildman–Crippen MR) is 174 cm³/mol. The van der Waals surface area contributed by atoms with Crippen molar-refractivity contribution in [3.05, 3.63) is 99.8 Å². The van der Waals surface area contributed by atoms with Gasteiger partial charge in [-0.05, 0) is 49.1 Å². The van der Waals surface area contributed by atoms with Crippen LogP contribution >= 0.6 is 23.2 Å². The van der Waals surface area contributed by atoms with Crippen molar-refractivity contribution in [3.8, 4) is 0 Å². The summed E-state index contributed by atoms with van der Waals surface area (Å²) in [5.74, 6) is -1.31. The van der Waals surface area contributed by atoms with Crippen molar-refractivity contribution in [2.24, 2.45) is 0 Å². The first-order valence-corrected chi connectivity index (χ1v) is 17.4. The van der Waals surface area contributed by atoms with Crippen molar-refractivity contribution in [2.45, 2.75) is 70.0 Å². The lowest BCUT2D eigenvalue weighted by Gasteiger charge is -2.34. The van der Waals surface area contributed by atoms with Crippen LogP contribution in [0.5, 0.6) is 0 Å². The first kappa shape index (κ1) is 33.7. The zero-order chi connectivity index (χ0) is 31.7. The van der Waals surface area contributed by atoms with Gasteiger partial charge in [0, 0.05) is 47.6 Å². The largest absolute Gasteiger partial charge is 0.352 e. The minimum Gasteiger partial charge on any atom is -0.352 e. The molecule has 0 unspecified atom stereocenters. The topological polar surface area (TPSA) is 86.8 Å². The molecule has 0 radical (unpaired) electrons. The number of hydrogen-bond donors (Lipinski definition) is 1. The van der Waals surface area contributed by atoms with Crippen LogP contribution in [0, 0.1) is 5.82 Å². The Labute approximate surface area is 269 Å². The lowest BCUT2D eigenvalue weighted by atomic mass is 9.94. The Morgan fingerprint density at radius 1 is 0.932 bits per heavy atom. The molecule has 1 aliphatic carbocycles. The quantitative estimate of drug-likeness (QED) is 0.219. The molecule has 3 aromatic rings. The maximum absolute atomic E-state index is 14.5. The van der Waals surface area contributed by atoms with Crippen LogP contribution in [0.4, 0.5) is 10.1 Å². The van der Waals surface area contributed by atoms with Crippen molar-refractivity contribution in [3.63, 3.8) is 0 Å². The summed E-state index contributed by atoms with van der Waals surface area (Å²) in [6.45, 7) is -0.139. The summed E-state index contributed by atoms with van der Waals surface area (Å²) in [4.78, 5) is 29.5. The van der Waals surface area contributed by atoms with E-state index in [2.05, 4.69) is 5.32 Å². The number of anilines is 1. The molecule has 1 aliphatic rings. The molecule has 1 atom stereocenters. The normalized spacial score (nSPS) is 14.5. The monoisotopic (exact) mass is 661 g/mol. The summed E-state index contributed by atoms with van der Waals surface area (Å²) in [5, 5.41) is 3.91. The zero-order valence-corrected chi connectivity index (χ0v) is 27.1. The van der Waals surface area contributed by atoms with Crippen LogP contribution in [0.2, 0.25) is 10.0 Å². The predicted octanol–water partition coefficient (Wildman–Crippen LogP) is 6.77. The number of carbonyl (C=O) groups is 2. The van der Waals surface area contributed by atoms with E-state index in [1.807, 2.05) is 30.3 Å². The molecule has 0 saturated heterocycles. The minimum absolute atomic E-state index is 0.0178. The number of nitrogens with one attached hydrogen (secondary N) is 1. The Morgan fingerprint density at radius 2 is 1.57 bits per heavy atom. The number of halogens is 3. The van der Waals surface area contributed by atoms with Gasteiger partial charge in [-0.15, -0.1) is 0 Å². The van der Waals surface area contributed by atoms with Gasteiger partial charge in [0.1, 0.15) is 11.9 Å². The summed E-state index contributed by atoms with van der Waals surface area (Å²) >= 11 is 13.1. The fourth-order valence-electron chi connectivity index (χ4n) is 5.59. The van der Waals surface area contributed by atoms with Crippen LogP contribution in [0.15, 0.2) is 72.8 Å². The number of carbonyl (C=O) groups excluding carboxylic acids is 2. The van der Waals surface area contributed by atoms with Crippen LogP contribution in [-0.2, 0) is 32.6 Å². The summed E-state index contributed by atoms with van der Waals surface area (Å²) in [7, 11) is -3.84. The summed E-state index contributed by atoms with van der Waals surface area (Å²) in [5.41, 5.74) is 1.30. The van der Waals surface area contributed by atoms with Gasteiger partial charge in [-0.2, -0.15) is 0 Å². The van der Waals surface area contributed by atoms with Gasteiger partial charge in [-0.25, -0.2) is 12.8 Å². The number of rotatable bonds is 13. The Hall–Kier alpha value is -3.14. The van der Waals surface area contributed by atoms with Crippen LogP contribution in [0.25, 0.3) is 0 Å². The first-order valence-electron chi connectivity index (χ1n) is 14.8. The van der Waals surface area contributed by atoms with E-state index in [4.69, 9.17) is 23.2 Å². The molecule has 0 bridgehead atoms. The van der Waals surface area contributed by atoms with Gasteiger partial charge >= 0.3 is 0 Å². The van der Waals surface area contributed by atoms with Crippen LogP contribution < -0.4 is 9.62 Å². The van der Waals surface area contributed by atoms with Gasteiger partial charge in [0.25, 0.3) is 0 Å². The second-order valence-corrected chi connectivity index (χ2v) is 13.9. The van der Waals surface area contributed by atoms with Crippen molar-refractivity contribution in [1.29, 1.82) is 0 Å². The molecule has 0 aliphatic heterocycles. The van der Waals surface area contributed by atoms with E-state index in [1.54, 1.807) is 24.3 Å². The molecule has 11 heteroatoms. The molecule has 7 nitrogen and oxygen atoms in total. The average molecular weight is 663 g/mol. The summed E-state index contributed by atoms with van der Waals surface area (Å²) in [6.07, 6.45) is 6.22. The fraction of sp³-hybridized carbons (Fsp3) is 0.394. The number of sulfonamides is 1. The van der Waals surface area contributed by atoms with E-state index in [1.165, 1.54) is 23.1 Å². The maximum Gasteiger partial charge on any atom is 0.243 e. The summed E-state index contributed by atoms with van der Waals surface area (Å²) in [6, 6.07) is 19.3. The Bertz CT molecular complexity index is 1510. The van der Waals surface area contributed by atoms with E-state index >= 15 is 0 Å². The highest BCUT2D eigenvalue weighted by atomic mass is 35.5. The molecule has 236 valence electrons. The molecule has 0 heterocycles. The highest BCUT2D eigenvalue weighted by molar-refractivity contribution is 7.92. The van der Waals surface area contributed by atoms with Crippen LogP contribution in [0.3, 0.4) is 0 Å². The number of para-hydroxylation sites is 1. The standard InChI is InChI=1S/C33H38Cl2FN3O4S/c1-44(42,43)39(30-19-9-8-18-29(30)36)21-11-20-32(40)38(23-26-27(34)16-10-17-28(26)35)31(22-24-12-4-2-5-13-24)33(41)37-25-14-6-3-7-15-25/h2,4-5,8-10,12-13,16-19,25,31H,3,6-7,11,14-15,20-23H2,1H3,(H,37,41)/t31-/m1/s1. The second-order valence-electron chi connectivity index (χ2n) is 11.2. The molecule has 3 aromatic carbocycles. The van der Waals surface area contributed by atoms with Gasteiger partial charge < -0.3 is 10.2 Å². The molecule has 1 N–H and O–H groups in total. The summed E-state index contributed by atoms with van der Waals surface area (Å²) < 4.78 is 40.7. The second kappa shape index (κ2) is 15.7. The fourth-order valence-corrected chi connectivity index (χ4v) is 7.07. The first-order chi connectivity index (χ1) is 21.0. The number of nitrogens with zero attached hydrogens (tertiary/aromatic N) is 2. The van der Waals surface area contributed by atoms with Crippen LogP contribution in [-0.4, -0.2) is 50.0 Å². The van der Waals surface area contributed by atoms with Crippen molar-refractivity contribution in [1.82, 2.24) is 10.2 Å². The third-order valence-corrected chi connectivity index (χ3v) is 9.77. The van der Waals surface area contributed by atoms with Crippen molar-refractivity contribution >= 4 is 50.7 Å². The molecule has 0 aromatic heterocycles. The Balaban J connectivity index is 1.63. The van der Waals surface area contributed by atoms with E-state index in [0.29, 0.717) is 15.6 Å². The third kappa shape index (κ3) is 9.19. The molecule has 0 spiro atoms. The van der Waals surface area contributed by atoms with Gasteiger partial charge in [0.15, 0.2) is 0 Å². The molecular formula is C33H38Cl2FN3O4S. The molecule has 1 saturated carbocycles. The van der Waals surface area contributed by atoms with Crippen molar-refractivity contribution in [2.75, 3.05) is 17.1 Å².